The molecular formula is C8H14N2O4. The molecule has 1 atom stereocenters. The molecule has 1 heterocycles. The lowest BCUT2D eigenvalue weighted by molar-refractivity contribution is -0.148. The third kappa shape index (κ3) is 1.95. The number of nitrogens with two attached hydrogens (primary N) is 1. The van der Waals surface area contributed by atoms with Gasteiger partial charge in [0.25, 0.3) is 0 Å². The normalized spacial score (nSPS) is 27.1. The number of carboxylic acid groups (broad SMARTS) is 1. The highest BCUT2D eigenvalue weighted by Gasteiger charge is 2.41. The molecule has 14 heavy (non-hydrogen) atoms. The van der Waals surface area contributed by atoms with E-state index in [9.17, 15) is 9.59 Å². The number of ether oxygens (including phenoxy) is 1. The molecular weight excluding hydrogens is 188 g/mol. The number of methoxy groups -OCH3 is 1. The van der Waals surface area contributed by atoms with Gasteiger partial charge in [0.15, 0.2) is 0 Å². The largest absolute Gasteiger partial charge is 0.468 e. The van der Waals surface area contributed by atoms with Gasteiger partial charge in [-0.2, -0.15) is 0 Å². The van der Waals surface area contributed by atoms with Crippen LogP contribution in [0.4, 0.5) is 4.79 Å². The Morgan fingerprint density at radius 1 is 1.57 bits per heavy atom. The van der Waals surface area contributed by atoms with Crippen LogP contribution in [0.5, 0.6) is 0 Å². The van der Waals surface area contributed by atoms with Crippen LogP contribution in [0.15, 0.2) is 0 Å². The number of carbonyl (C=O) groups is 2. The smallest absolute Gasteiger partial charge is 0.407 e. The Balaban J connectivity index is 2.71. The first-order chi connectivity index (χ1) is 6.49. The fourth-order valence-electron chi connectivity index (χ4n) is 1.62. The number of carbonyl (C=O) groups excluding carboxylic acids is 1. The standard InChI is InChI=1S/C8H14N2O4/c1-14-6(11)8(9)3-2-4-10(5-8)7(12)13/h2-5,9H2,1H3,(H,12,13). The first kappa shape index (κ1) is 10.8. The Morgan fingerprint density at radius 2 is 2.21 bits per heavy atom. The zero-order valence-electron chi connectivity index (χ0n) is 8.02. The average Bonchev–Trinajstić information content (AvgIpc) is 2.16. The highest BCUT2D eigenvalue weighted by molar-refractivity contribution is 5.82. The number of likely N-dealkylation sites (tertiary alicyclic amines) is 1. The van der Waals surface area contributed by atoms with E-state index in [0.29, 0.717) is 19.4 Å². The van der Waals surface area contributed by atoms with Crippen LogP contribution in [0.1, 0.15) is 12.8 Å². The minimum Gasteiger partial charge on any atom is -0.468 e. The summed E-state index contributed by atoms with van der Waals surface area (Å²) in [7, 11) is 1.25. The molecule has 80 valence electrons. The molecule has 1 fully saturated rings. The van der Waals surface area contributed by atoms with Crippen molar-refractivity contribution in [2.24, 2.45) is 5.73 Å². The van der Waals surface area contributed by atoms with Crippen LogP contribution < -0.4 is 5.73 Å². The molecule has 6 nitrogen and oxygen atoms in total. The number of piperidine rings is 1. The summed E-state index contributed by atoms with van der Waals surface area (Å²) in [6.45, 7) is 0.431. The fraction of sp³-hybridized carbons (Fsp3) is 0.750. The molecule has 1 unspecified atom stereocenters. The fourth-order valence-corrected chi connectivity index (χ4v) is 1.62. The second-order valence-corrected chi connectivity index (χ2v) is 3.46. The molecule has 1 rings (SSSR count). The predicted octanol–water partition coefficient (Wildman–Crippen LogP) is -0.369. The maximum absolute atomic E-state index is 11.3. The molecule has 0 aromatic rings. The van der Waals surface area contributed by atoms with Gasteiger partial charge in [0.1, 0.15) is 5.54 Å². The lowest BCUT2D eigenvalue weighted by Gasteiger charge is -2.36. The highest BCUT2D eigenvalue weighted by atomic mass is 16.5. The van der Waals surface area contributed by atoms with Crippen LogP contribution in [0.2, 0.25) is 0 Å². The second-order valence-electron chi connectivity index (χ2n) is 3.46. The van der Waals surface area contributed by atoms with Crippen molar-refractivity contribution in [1.82, 2.24) is 4.90 Å². The van der Waals surface area contributed by atoms with Gasteiger partial charge in [-0.15, -0.1) is 0 Å². The van der Waals surface area contributed by atoms with Gasteiger partial charge in [0.05, 0.1) is 13.7 Å². The molecule has 0 aliphatic carbocycles. The van der Waals surface area contributed by atoms with Crippen LogP contribution in [0.25, 0.3) is 0 Å². The second kappa shape index (κ2) is 3.83. The predicted molar refractivity (Wildman–Crippen MR) is 47.8 cm³/mol. The lowest BCUT2D eigenvalue weighted by atomic mass is 9.90. The Labute approximate surface area is 81.6 Å². The summed E-state index contributed by atoms with van der Waals surface area (Å²) in [6, 6.07) is 0. The molecule has 0 aromatic carbocycles. The maximum atomic E-state index is 11.3. The summed E-state index contributed by atoms with van der Waals surface area (Å²) in [5.41, 5.74) is 4.59. The number of hydrogen-bond acceptors (Lipinski definition) is 4. The minimum atomic E-state index is -1.18. The molecule has 0 aromatic heterocycles. The van der Waals surface area contributed by atoms with Gasteiger partial charge < -0.3 is 20.5 Å². The molecule has 1 amide bonds. The Kier molecular flexibility index (Phi) is 2.95. The highest BCUT2D eigenvalue weighted by Crippen LogP contribution is 2.19. The lowest BCUT2D eigenvalue weighted by Crippen LogP contribution is -2.60. The number of rotatable bonds is 1. The van der Waals surface area contributed by atoms with Gasteiger partial charge in [-0.05, 0) is 12.8 Å². The van der Waals surface area contributed by atoms with E-state index in [1.807, 2.05) is 0 Å². The molecule has 1 aliphatic rings. The first-order valence-electron chi connectivity index (χ1n) is 4.35. The monoisotopic (exact) mass is 202 g/mol. The summed E-state index contributed by atoms with van der Waals surface area (Å²) in [4.78, 5) is 23.1. The number of amides is 1. The van der Waals surface area contributed by atoms with E-state index in [4.69, 9.17) is 10.8 Å². The van der Waals surface area contributed by atoms with Crippen LogP contribution >= 0.6 is 0 Å². The molecule has 0 radical (unpaired) electrons. The summed E-state index contributed by atoms with van der Waals surface area (Å²) >= 11 is 0. The van der Waals surface area contributed by atoms with Gasteiger partial charge in [-0.3, -0.25) is 0 Å². The van der Waals surface area contributed by atoms with Crippen molar-refractivity contribution in [2.75, 3.05) is 20.2 Å². The zero-order chi connectivity index (χ0) is 10.8. The number of esters is 1. The molecule has 0 saturated carbocycles. The van der Waals surface area contributed by atoms with E-state index in [1.54, 1.807) is 0 Å². The summed E-state index contributed by atoms with van der Waals surface area (Å²) in [5.74, 6) is -0.552. The van der Waals surface area contributed by atoms with Gasteiger partial charge in [-0.1, -0.05) is 0 Å². The van der Waals surface area contributed by atoms with Gasteiger partial charge in [-0.25, -0.2) is 9.59 Å². The van der Waals surface area contributed by atoms with Crippen molar-refractivity contribution >= 4 is 12.1 Å². The molecule has 0 bridgehead atoms. The van der Waals surface area contributed by atoms with Crippen LogP contribution in [-0.4, -0.2) is 47.8 Å². The van der Waals surface area contributed by atoms with Gasteiger partial charge in [0.2, 0.25) is 0 Å². The molecule has 0 spiro atoms. The topological polar surface area (TPSA) is 92.9 Å². The van der Waals surface area contributed by atoms with Crippen LogP contribution in [0, 0.1) is 0 Å². The molecule has 1 saturated heterocycles. The van der Waals surface area contributed by atoms with E-state index in [1.165, 1.54) is 7.11 Å². The summed E-state index contributed by atoms with van der Waals surface area (Å²) < 4.78 is 4.54. The summed E-state index contributed by atoms with van der Waals surface area (Å²) in [5, 5.41) is 8.74. The van der Waals surface area contributed by atoms with E-state index < -0.39 is 17.6 Å². The zero-order valence-corrected chi connectivity index (χ0v) is 8.02. The molecule has 3 N–H and O–H groups in total. The average molecular weight is 202 g/mol. The van der Waals surface area contributed by atoms with E-state index in [0.717, 1.165) is 4.90 Å². The van der Waals surface area contributed by atoms with Crippen molar-refractivity contribution in [3.05, 3.63) is 0 Å². The third-order valence-corrected chi connectivity index (χ3v) is 2.39. The maximum Gasteiger partial charge on any atom is 0.407 e. The van der Waals surface area contributed by atoms with Crippen molar-refractivity contribution in [3.63, 3.8) is 0 Å². The van der Waals surface area contributed by atoms with E-state index in [-0.39, 0.29) is 6.54 Å². The van der Waals surface area contributed by atoms with Gasteiger partial charge >= 0.3 is 12.1 Å². The van der Waals surface area contributed by atoms with Crippen molar-refractivity contribution < 1.29 is 19.4 Å². The Bertz CT molecular complexity index is 256. The third-order valence-electron chi connectivity index (χ3n) is 2.39. The van der Waals surface area contributed by atoms with Crippen LogP contribution in [-0.2, 0) is 9.53 Å². The summed E-state index contributed by atoms with van der Waals surface area (Å²) in [6.07, 6.45) is -0.00937. The van der Waals surface area contributed by atoms with Crippen molar-refractivity contribution in [3.8, 4) is 0 Å². The van der Waals surface area contributed by atoms with E-state index in [2.05, 4.69) is 4.74 Å². The first-order valence-corrected chi connectivity index (χ1v) is 4.35. The molecule has 6 heteroatoms. The number of nitrogens with zero attached hydrogens (tertiary/aromatic N) is 1. The quantitative estimate of drug-likeness (QED) is 0.566. The van der Waals surface area contributed by atoms with Crippen LogP contribution in [0.3, 0.4) is 0 Å². The van der Waals surface area contributed by atoms with Crippen molar-refractivity contribution in [1.29, 1.82) is 0 Å². The number of hydrogen-bond donors (Lipinski definition) is 2. The molecule has 1 aliphatic heterocycles. The van der Waals surface area contributed by atoms with Crippen molar-refractivity contribution in [2.45, 2.75) is 18.4 Å². The van der Waals surface area contributed by atoms with Gasteiger partial charge in [0, 0.05) is 6.54 Å². The Hall–Kier alpha value is -1.30. The Morgan fingerprint density at radius 3 is 2.71 bits per heavy atom. The minimum absolute atomic E-state index is 0.00894. The SMILES string of the molecule is COC(=O)C1(N)CCCN(C(=O)O)C1. The van der Waals surface area contributed by atoms with E-state index >= 15 is 0 Å².